The summed E-state index contributed by atoms with van der Waals surface area (Å²) in [5.74, 6) is 2.40. The van der Waals surface area contributed by atoms with Crippen LogP contribution >= 0.6 is 31.9 Å². The molecule has 0 aliphatic carbocycles. The fraction of sp³-hybridized carbons (Fsp3) is 0.0909. The largest absolute Gasteiger partial charge is 0.456 e. The highest BCUT2D eigenvalue weighted by Gasteiger charge is 2.12. The molecule has 130 valence electrons. The van der Waals surface area contributed by atoms with Gasteiger partial charge >= 0.3 is 0 Å². The van der Waals surface area contributed by atoms with E-state index in [1.54, 1.807) is 0 Å². The van der Waals surface area contributed by atoms with Crippen LogP contribution in [0.1, 0.15) is 11.1 Å². The number of hydrogen-bond acceptors (Lipinski definition) is 2. The summed E-state index contributed by atoms with van der Waals surface area (Å²) in [7, 11) is 0. The van der Waals surface area contributed by atoms with Gasteiger partial charge in [0.05, 0.1) is 8.95 Å². The van der Waals surface area contributed by atoms with Gasteiger partial charge in [-0.05, 0) is 87.7 Å². The first-order valence-electron chi connectivity index (χ1n) is 8.24. The molecular formula is C22H16Br2O2. The Labute approximate surface area is 169 Å². The smallest absolute Gasteiger partial charge is 0.156 e. The van der Waals surface area contributed by atoms with Crippen LogP contribution in [0.5, 0.6) is 11.5 Å². The molecule has 0 atom stereocenters. The Balaban J connectivity index is 1.72. The van der Waals surface area contributed by atoms with Crippen LogP contribution < -0.4 is 4.74 Å². The lowest BCUT2D eigenvalue weighted by Crippen LogP contribution is -1.89. The van der Waals surface area contributed by atoms with Gasteiger partial charge in [-0.25, -0.2) is 0 Å². The molecule has 0 saturated heterocycles. The summed E-state index contributed by atoms with van der Waals surface area (Å²) in [6.07, 6.45) is 0. The summed E-state index contributed by atoms with van der Waals surface area (Å²) in [6, 6.07) is 20.2. The second kappa shape index (κ2) is 6.93. The van der Waals surface area contributed by atoms with Crippen molar-refractivity contribution >= 4 is 42.8 Å². The Morgan fingerprint density at radius 2 is 1.73 bits per heavy atom. The Kier molecular flexibility index (Phi) is 4.63. The van der Waals surface area contributed by atoms with Crippen molar-refractivity contribution in [2.45, 2.75) is 13.8 Å². The van der Waals surface area contributed by atoms with Crippen LogP contribution in [0.3, 0.4) is 0 Å². The average molecular weight is 472 g/mol. The van der Waals surface area contributed by atoms with E-state index in [1.165, 1.54) is 5.56 Å². The molecule has 0 unspecified atom stereocenters. The molecule has 0 amide bonds. The van der Waals surface area contributed by atoms with Gasteiger partial charge in [-0.15, -0.1) is 0 Å². The lowest BCUT2D eigenvalue weighted by atomic mass is 10.1. The quantitative estimate of drug-likeness (QED) is 0.301. The van der Waals surface area contributed by atoms with Crippen molar-refractivity contribution in [3.05, 3.63) is 80.7 Å². The van der Waals surface area contributed by atoms with Crippen molar-refractivity contribution in [2.75, 3.05) is 0 Å². The molecule has 0 N–H and O–H groups in total. The third kappa shape index (κ3) is 3.31. The molecule has 4 aromatic rings. The molecule has 0 aliphatic heterocycles. The summed E-state index contributed by atoms with van der Waals surface area (Å²) < 4.78 is 14.0. The summed E-state index contributed by atoms with van der Waals surface area (Å²) in [4.78, 5) is 0. The first-order chi connectivity index (χ1) is 12.5. The van der Waals surface area contributed by atoms with Crippen molar-refractivity contribution < 1.29 is 9.15 Å². The van der Waals surface area contributed by atoms with E-state index in [9.17, 15) is 0 Å². The number of rotatable bonds is 3. The first kappa shape index (κ1) is 17.4. The van der Waals surface area contributed by atoms with Crippen molar-refractivity contribution in [2.24, 2.45) is 0 Å². The van der Waals surface area contributed by atoms with Crippen LogP contribution in [0.25, 0.3) is 22.3 Å². The van der Waals surface area contributed by atoms with Gasteiger partial charge in [0.1, 0.15) is 17.1 Å². The zero-order chi connectivity index (χ0) is 18.3. The highest BCUT2D eigenvalue weighted by atomic mass is 79.9. The Hall–Kier alpha value is -2.04. The number of furan rings is 1. The maximum Gasteiger partial charge on any atom is 0.156 e. The van der Waals surface area contributed by atoms with Gasteiger partial charge in [0.25, 0.3) is 0 Å². The summed E-state index contributed by atoms with van der Waals surface area (Å²) in [5, 5.41) is 1.01. The van der Waals surface area contributed by atoms with E-state index in [1.807, 2.05) is 43.3 Å². The Morgan fingerprint density at radius 1 is 0.885 bits per heavy atom. The van der Waals surface area contributed by atoms with Crippen LogP contribution in [0, 0.1) is 13.8 Å². The molecule has 2 nitrogen and oxygen atoms in total. The maximum atomic E-state index is 6.13. The van der Waals surface area contributed by atoms with Crippen LogP contribution in [0.2, 0.25) is 0 Å². The maximum absolute atomic E-state index is 6.13. The van der Waals surface area contributed by atoms with Crippen molar-refractivity contribution in [3.8, 4) is 22.8 Å². The minimum Gasteiger partial charge on any atom is -0.456 e. The van der Waals surface area contributed by atoms with Crippen molar-refractivity contribution in [3.63, 3.8) is 0 Å². The van der Waals surface area contributed by atoms with E-state index >= 15 is 0 Å². The van der Waals surface area contributed by atoms with Gasteiger partial charge in [0.15, 0.2) is 5.75 Å². The van der Waals surface area contributed by atoms with Crippen LogP contribution in [0.15, 0.2) is 74.0 Å². The number of halogens is 2. The molecule has 4 rings (SSSR count). The second-order valence-electron chi connectivity index (χ2n) is 6.29. The van der Waals surface area contributed by atoms with E-state index < -0.39 is 0 Å². The van der Waals surface area contributed by atoms with Gasteiger partial charge in [-0.1, -0.05) is 29.8 Å². The minimum atomic E-state index is 0.765. The van der Waals surface area contributed by atoms with E-state index in [0.717, 1.165) is 48.3 Å². The fourth-order valence-electron chi connectivity index (χ4n) is 2.87. The van der Waals surface area contributed by atoms with Gasteiger partial charge in [0, 0.05) is 10.9 Å². The monoisotopic (exact) mass is 470 g/mol. The molecule has 0 radical (unpaired) electrons. The third-order valence-electron chi connectivity index (χ3n) is 4.25. The van der Waals surface area contributed by atoms with Gasteiger partial charge in [-0.2, -0.15) is 0 Å². The fourth-order valence-corrected chi connectivity index (χ4v) is 3.97. The standard InChI is InChI=1S/C22H16Br2O2/c1-13-4-3-5-15(10-13)20-12-16-11-17(7-9-19(16)26-20)25-22-18(23)8-6-14(2)21(22)24/h3-12H,1-2H3. The Morgan fingerprint density at radius 3 is 2.54 bits per heavy atom. The van der Waals surface area contributed by atoms with Crippen molar-refractivity contribution in [1.29, 1.82) is 0 Å². The molecule has 26 heavy (non-hydrogen) atoms. The second-order valence-corrected chi connectivity index (χ2v) is 7.94. The van der Waals surface area contributed by atoms with Crippen molar-refractivity contribution in [1.82, 2.24) is 0 Å². The van der Waals surface area contributed by atoms with E-state index in [-0.39, 0.29) is 0 Å². The predicted octanol–water partition coefficient (Wildman–Crippen LogP) is 8.03. The van der Waals surface area contributed by atoms with E-state index in [0.29, 0.717) is 0 Å². The SMILES string of the molecule is Cc1cccc(-c2cc3cc(Oc4c(Br)ccc(C)c4Br)ccc3o2)c1. The molecule has 0 fully saturated rings. The number of fused-ring (bicyclic) bond motifs is 1. The zero-order valence-corrected chi connectivity index (χ0v) is 17.5. The average Bonchev–Trinajstić information content (AvgIpc) is 3.05. The molecule has 1 aromatic heterocycles. The number of hydrogen-bond donors (Lipinski definition) is 0. The molecule has 0 spiro atoms. The summed E-state index contributed by atoms with van der Waals surface area (Å²) >= 11 is 7.16. The zero-order valence-electron chi connectivity index (χ0n) is 14.3. The normalized spacial score (nSPS) is 11.1. The molecule has 3 aromatic carbocycles. The third-order valence-corrected chi connectivity index (χ3v) is 5.86. The lowest BCUT2D eigenvalue weighted by molar-refractivity contribution is 0.476. The first-order valence-corrected chi connectivity index (χ1v) is 9.83. The number of benzene rings is 3. The minimum absolute atomic E-state index is 0.765. The number of aryl methyl sites for hydroxylation is 2. The van der Waals surface area contributed by atoms with E-state index in [2.05, 4.69) is 63.0 Å². The van der Waals surface area contributed by atoms with Crippen LogP contribution in [-0.4, -0.2) is 0 Å². The highest BCUT2D eigenvalue weighted by molar-refractivity contribution is 9.11. The number of ether oxygens (including phenoxy) is 1. The topological polar surface area (TPSA) is 22.4 Å². The molecule has 0 aliphatic rings. The van der Waals surface area contributed by atoms with Gasteiger partial charge in [-0.3, -0.25) is 0 Å². The lowest BCUT2D eigenvalue weighted by Gasteiger charge is -2.11. The molecule has 0 bridgehead atoms. The van der Waals surface area contributed by atoms with Gasteiger partial charge in [0.2, 0.25) is 0 Å². The molecule has 4 heteroatoms. The molecule has 0 saturated carbocycles. The van der Waals surface area contributed by atoms with Crippen LogP contribution in [0.4, 0.5) is 0 Å². The molecule has 1 heterocycles. The summed E-state index contributed by atoms with van der Waals surface area (Å²) in [5.41, 5.74) is 4.25. The van der Waals surface area contributed by atoms with Crippen LogP contribution in [-0.2, 0) is 0 Å². The van der Waals surface area contributed by atoms with Gasteiger partial charge < -0.3 is 9.15 Å². The molecular weight excluding hydrogens is 456 g/mol. The summed E-state index contributed by atoms with van der Waals surface area (Å²) in [6.45, 7) is 4.12. The Bertz CT molecular complexity index is 1110. The van der Waals surface area contributed by atoms with E-state index in [4.69, 9.17) is 9.15 Å². The highest BCUT2D eigenvalue weighted by Crippen LogP contribution is 2.39. The predicted molar refractivity (Wildman–Crippen MR) is 113 cm³/mol.